The van der Waals surface area contributed by atoms with Crippen LogP contribution in [0.1, 0.15) is 39.1 Å². The van der Waals surface area contributed by atoms with Gasteiger partial charge >= 0.3 is 6.18 Å². The Kier molecular flexibility index (Phi) is 6.39. The van der Waals surface area contributed by atoms with E-state index in [-0.39, 0.29) is 29.0 Å². The Hall–Kier alpha value is -2.25. The first kappa shape index (κ1) is 21.5. The summed E-state index contributed by atoms with van der Waals surface area (Å²) in [5.41, 5.74) is -0.316. The molecule has 1 aliphatic rings. The lowest BCUT2D eigenvalue weighted by Crippen LogP contribution is -2.46. The molecule has 0 radical (unpaired) electrons. The number of halogens is 5. The van der Waals surface area contributed by atoms with E-state index in [0.29, 0.717) is 36.0 Å². The maximum Gasteiger partial charge on any atom is 0.416 e. The molecule has 4 nitrogen and oxygen atoms in total. The van der Waals surface area contributed by atoms with Crippen molar-refractivity contribution in [3.8, 4) is 0 Å². The van der Waals surface area contributed by atoms with Crippen LogP contribution in [-0.2, 0) is 6.18 Å². The van der Waals surface area contributed by atoms with Gasteiger partial charge in [-0.3, -0.25) is 9.59 Å². The largest absolute Gasteiger partial charge is 0.416 e. The zero-order valence-corrected chi connectivity index (χ0v) is 16.6. The van der Waals surface area contributed by atoms with Crippen molar-refractivity contribution < 1.29 is 22.8 Å². The number of carbonyl (C=O) groups excluding carboxylic acids is 2. The summed E-state index contributed by atoms with van der Waals surface area (Å²) in [6.07, 6.45) is -3.39. The van der Waals surface area contributed by atoms with Crippen molar-refractivity contribution in [1.29, 1.82) is 0 Å². The Bertz CT molecular complexity index is 909. The summed E-state index contributed by atoms with van der Waals surface area (Å²) >= 11 is 11.9. The Morgan fingerprint density at radius 3 is 2.21 bits per heavy atom. The third kappa shape index (κ3) is 5.22. The number of carbonyl (C=O) groups is 2. The van der Waals surface area contributed by atoms with E-state index in [1.165, 1.54) is 18.2 Å². The Labute approximate surface area is 175 Å². The minimum Gasteiger partial charge on any atom is -0.349 e. The van der Waals surface area contributed by atoms with Gasteiger partial charge in [0.1, 0.15) is 0 Å². The van der Waals surface area contributed by atoms with Crippen LogP contribution in [0.4, 0.5) is 13.2 Å². The number of likely N-dealkylation sites (tertiary alicyclic amines) is 1. The minimum absolute atomic E-state index is 0.144. The van der Waals surface area contributed by atoms with Gasteiger partial charge in [-0.25, -0.2) is 0 Å². The molecule has 2 aromatic carbocycles. The summed E-state index contributed by atoms with van der Waals surface area (Å²) in [4.78, 5) is 26.5. The summed E-state index contributed by atoms with van der Waals surface area (Å²) in [6.45, 7) is 0.766. The van der Waals surface area contributed by atoms with Gasteiger partial charge in [-0.15, -0.1) is 0 Å². The first-order chi connectivity index (χ1) is 13.6. The number of amides is 2. The molecule has 0 atom stereocenters. The Morgan fingerprint density at radius 2 is 1.62 bits per heavy atom. The van der Waals surface area contributed by atoms with E-state index in [1.54, 1.807) is 17.0 Å². The third-order valence-electron chi connectivity index (χ3n) is 4.75. The lowest BCUT2D eigenvalue weighted by atomic mass is 10.0. The zero-order chi connectivity index (χ0) is 21.2. The lowest BCUT2D eigenvalue weighted by Gasteiger charge is -2.32. The van der Waals surface area contributed by atoms with Gasteiger partial charge in [0.2, 0.25) is 0 Å². The Morgan fingerprint density at radius 1 is 1.00 bits per heavy atom. The smallest absolute Gasteiger partial charge is 0.349 e. The summed E-state index contributed by atoms with van der Waals surface area (Å²) in [5, 5.41) is 3.57. The molecule has 1 aliphatic heterocycles. The van der Waals surface area contributed by atoms with Crippen molar-refractivity contribution in [1.82, 2.24) is 10.2 Å². The number of nitrogens with zero attached hydrogens (tertiary/aromatic N) is 1. The third-order valence-corrected chi connectivity index (χ3v) is 5.31. The van der Waals surface area contributed by atoms with Crippen molar-refractivity contribution in [2.75, 3.05) is 13.1 Å². The van der Waals surface area contributed by atoms with Gasteiger partial charge in [-0.1, -0.05) is 23.2 Å². The van der Waals surface area contributed by atoms with Crippen LogP contribution in [-0.4, -0.2) is 35.8 Å². The van der Waals surface area contributed by atoms with E-state index in [2.05, 4.69) is 5.32 Å². The van der Waals surface area contributed by atoms with Crippen molar-refractivity contribution in [3.05, 3.63) is 69.2 Å². The molecule has 1 N–H and O–H groups in total. The molecule has 0 aromatic heterocycles. The monoisotopic (exact) mass is 444 g/mol. The lowest BCUT2D eigenvalue weighted by molar-refractivity contribution is -0.137. The molecule has 1 saturated heterocycles. The maximum absolute atomic E-state index is 12.6. The van der Waals surface area contributed by atoms with Crippen LogP contribution < -0.4 is 5.32 Å². The average molecular weight is 445 g/mol. The quantitative estimate of drug-likeness (QED) is 0.720. The predicted molar refractivity (Wildman–Crippen MR) is 104 cm³/mol. The number of benzene rings is 2. The van der Waals surface area contributed by atoms with Crippen molar-refractivity contribution in [3.63, 3.8) is 0 Å². The summed E-state index contributed by atoms with van der Waals surface area (Å²) < 4.78 is 37.9. The molecule has 29 heavy (non-hydrogen) atoms. The van der Waals surface area contributed by atoms with Crippen molar-refractivity contribution >= 4 is 35.0 Å². The fourth-order valence-electron chi connectivity index (χ4n) is 3.15. The van der Waals surface area contributed by atoms with Crippen LogP contribution in [0.5, 0.6) is 0 Å². The SMILES string of the molecule is O=C(NC1CCN(C(=O)c2ccc(C(F)(F)F)cc2)CC1)c1cc(Cl)ccc1Cl. The van der Waals surface area contributed by atoms with Crippen LogP contribution in [0.15, 0.2) is 42.5 Å². The zero-order valence-electron chi connectivity index (χ0n) is 15.1. The number of hydrogen-bond acceptors (Lipinski definition) is 2. The van der Waals surface area contributed by atoms with Gasteiger partial charge < -0.3 is 10.2 Å². The highest BCUT2D eigenvalue weighted by molar-refractivity contribution is 6.35. The molecule has 0 saturated carbocycles. The fraction of sp³-hybridized carbons (Fsp3) is 0.300. The maximum atomic E-state index is 12.6. The summed E-state index contributed by atoms with van der Waals surface area (Å²) in [7, 11) is 0. The second kappa shape index (κ2) is 8.63. The highest BCUT2D eigenvalue weighted by Crippen LogP contribution is 2.29. The average Bonchev–Trinajstić information content (AvgIpc) is 2.69. The first-order valence-electron chi connectivity index (χ1n) is 8.87. The molecule has 9 heteroatoms. The number of hydrogen-bond donors (Lipinski definition) is 1. The molecular formula is C20H17Cl2F3N2O2. The molecule has 3 rings (SSSR count). The standard InChI is InChI=1S/C20H17Cl2F3N2O2/c21-14-5-6-17(22)16(11-14)18(28)26-15-7-9-27(10-8-15)19(29)12-1-3-13(4-2-12)20(23,24)25/h1-6,11,15H,7-10H2,(H,26,28). The molecule has 0 unspecified atom stereocenters. The van der Waals surface area contributed by atoms with Gasteiger partial charge in [0.05, 0.1) is 16.1 Å². The minimum atomic E-state index is -4.44. The summed E-state index contributed by atoms with van der Waals surface area (Å²) in [5.74, 6) is -0.675. The molecule has 0 spiro atoms. The van der Waals surface area contributed by atoms with Crippen LogP contribution in [0.2, 0.25) is 10.0 Å². The first-order valence-corrected chi connectivity index (χ1v) is 9.63. The van der Waals surface area contributed by atoms with E-state index in [0.717, 1.165) is 12.1 Å². The predicted octanol–water partition coefficient (Wildman–Crippen LogP) is 5.05. The molecule has 2 amide bonds. The highest BCUT2D eigenvalue weighted by atomic mass is 35.5. The fourth-order valence-corrected chi connectivity index (χ4v) is 3.52. The molecule has 2 aromatic rings. The molecular weight excluding hydrogens is 428 g/mol. The molecule has 1 fully saturated rings. The second-order valence-electron chi connectivity index (χ2n) is 6.74. The number of piperidine rings is 1. The molecule has 0 bridgehead atoms. The van der Waals surface area contributed by atoms with Crippen molar-refractivity contribution in [2.24, 2.45) is 0 Å². The van der Waals surface area contributed by atoms with Gasteiger partial charge in [0.15, 0.2) is 0 Å². The molecule has 0 aliphatic carbocycles. The molecule has 154 valence electrons. The van der Waals surface area contributed by atoms with Gasteiger partial charge in [-0.2, -0.15) is 13.2 Å². The molecule has 1 heterocycles. The topological polar surface area (TPSA) is 49.4 Å². The number of alkyl halides is 3. The van der Waals surface area contributed by atoms with Crippen LogP contribution in [0, 0.1) is 0 Å². The van der Waals surface area contributed by atoms with Crippen LogP contribution >= 0.6 is 23.2 Å². The van der Waals surface area contributed by atoms with E-state index in [4.69, 9.17) is 23.2 Å². The van der Waals surface area contributed by atoms with E-state index < -0.39 is 11.7 Å². The van der Waals surface area contributed by atoms with Gasteiger partial charge in [0, 0.05) is 29.7 Å². The van der Waals surface area contributed by atoms with Crippen molar-refractivity contribution in [2.45, 2.75) is 25.1 Å². The van der Waals surface area contributed by atoms with Gasteiger partial charge in [-0.05, 0) is 55.3 Å². The number of nitrogens with one attached hydrogen (secondary N) is 1. The van der Waals surface area contributed by atoms with E-state index in [1.807, 2.05) is 0 Å². The second-order valence-corrected chi connectivity index (χ2v) is 7.58. The van der Waals surface area contributed by atoms with Crippen LogP contribution in [0.3, 0.4) is 0 Å². The number of rotatable bonds is 3. The van der Waals surface area contributed by atoms with E-state index >= 15 is 0 Å². The van der Waals surface area contributed by atoms with E-state index in [9.17, 15) is 22.8 Å². The van der Waals surface area contributed by atoms with Crippen LogP contribution in [0.25, 0.3) is 0 Å². The Balaban J connectivity index is 1.56. The summed E-state index contributed by atoms with van der Waals surface area (Å²) in [6, 6.07) is 8.64. The van der Waals surface area contributed by atoms with Gasteiger partial charge in [0.25, 0.3) is 11.8 Å². The normalized spacial score (nSPS) is 15.3. The highest BCUT2D eigenvalue weighted by Gasteiger charge is 2.31.